The summed E-state index contributed by atoms with van der Waals surface area (Å²) in [5, 5.41) is 9.87. The summed E-state index contributed by atoms with van der Waals surface area (Å²) in [4.78, 5) is 56.2. The van der Waals surface area contributed by atoms with E-state index in [4.69, 9.17) is 0 Å². The normalized spacial score (nSPS) is 18.4. The molecule has 224 valence electrons. The van der Waals surface area contributed by atoms with Crippen molar-refractivity contribution in [3.63, 3.8) is 0 Å². The smallest absolute Gasteiger partial charge is 0.229 e. The van der Waals surface area contributed by atoms with Gasteiger partial charge in [-0.25, -0.2) is 0 Å². The number of benzene rings is 2. The lowest BCUT2D eigenvalue weighted by molar-refractivity contribution is -0.129. The molecule has 0 spiro atoms. The van der Waals surface area contributed by atoms with Gasteiger partial charge in [0.1, 0.15) is 0 Å². The average molecular weight is 625 g/mol. The molecule has 4 amide bonds. The standard InChI is InChI=1S/C34H32N4O4S2/c39-31-17-25(19-37(31)21-29-3-1-15-43-29)33(41)35-27-11-7-23(8-12-27)5-6-24-9-13-28(14-10-24)36-34(42)26-18-32(40)38(20-26)22-30-4-2-16-44-30/h1-16,25-26H,17-22H2,(H,35,41)(H,36,42)/b6-5+. The van der Waals surface area contributed by atoms with Crippen molar-refractivity contribution in [3.05, 3.63) is 104 Å². The van der Waals surface area contributed by atoms with Crippen LogP contribution < -0.4 is 10.6 Å². The second kappa shape index (κ2) is 13.4. The van der Waals surface area contributed by atoms with Gasteiger partial charge < -0.3 is 20.4 Å². The number of nitrogens with zero attached hydrogens (tertiary/aromatic N) is 2. The molecule has 2 unspecified atom stereocenters. The average Bonchev–Trinajstić information content (AvgIpc) is 3.85. The molecule has 0 aliphatic carbocycles. The summed E-state index contributed by atoms with van der Waals surface area (Å²) in [6.45, 7) is 1.97. The van der Waals surface area contributed by atoms with Crippen molar-refractivity contribution >= 4 is 69.8 Å². The van der Waals surface area contributed by atoms with Crippen LogP contribution >= 0.6 is 22.7 Å². The molecule has 4 aromatic rings. The third-order valence-corrected chi connectivity index (χ3v) is 9.57. The molecule has 6 rings (SSSR count). The second-order valence-electron chi connectivity index (χ2n) is 11.1. The van der Waals surface area contributed by atoms with Gasteiger partial charge >= 0.3 is 0 Å². The minimum absolute atomic E-state index is 0.0107. The molecule has 10 heteroatoms. The van der Waals surface area contributed by atoms with E-state index in [1.165, 1.54) is 0 Å². The lowest BCUT2D eigenvalue weighted by atomic mass is 10.1. The number of likely N-dealkylation sites (tertiary alicyclic amines) is 2. The van der Waals surface area contributed by atoms with E-state index in [-0.39, 0.29) is 48.3 Å². The first kappa shape index (κ1) is 29.5. The molecule has 8 nitrogen and oxygen atoms in total. The Morgan fingerprint density at radius 1 is 0.659 bits per heavy atom. The number of amides is 4. The van der Waals surface area contributed by atoms with Gasteiger partial charge in [0.05, 0.1) is 24.9 Å². The summed E-state index contributed by atoms with van der Waals surface area (Å²) in [6, 6.07) is 23.0. The van der Waals surface area contributed by atoms with E-state index in [9.17, 15) is 19.2 Å². The molecule has 2 aromatic heterocycles. The van der Waals surface area contributed by atoms with Crippen LogP contribution in [0.5, 0.6) is 0 Å². The highest BCUT2D eigenvalue weighted by atomic mass is 32.1. The van der Waals surface area contributed by atoms with Crippen molar-refractivity contribution in [1.29, 1.82) is 0 Å². The predicted molar refractivity (Wildman–Crippen MR) is 175 cm³/mol. The number of nitrogens with one attached hydrogen (secondary N) is 2. The van der Waals surface area contributed by atoms with Gasteiger partial charge in [0.15, 0.2) is 0 Å². The number of thiophene rings is 2. The molecular formula is C34H32N4O4S2. The molecule has 2 N–H and O–H groups in total. The van der Waals surface area contributed by atoms with Crippen molar-refractivity contribution in [2.45, 2.75) is 25.9 Å². The quantitative estimate of drug-likeness (QED) is 0.213. The van der Waals surface area contributed by atoms with Crippen LogP contribution in [0.2, 0.25) is 0 Å². The topological polar surface area (TPSA) is 98.8 Å². The summed E-state index contributed by atoms with van der Waals surface area (Å²) >= 11 is 3.22. The van der Waals surface area contributed by atoms with Crippen LogP contribution in [0, 0.1) is 11.8 Å². The zero-order chi connectivity index (χ0) is 30.5. The molecule has 2 aliphatic rings. The van der Waals surface area contributed by atoms with E-state index in [0.717, 1.165) is 20.9 Å². The first-order valence-electron chi connectivity index (χ1n) is 14.5. The molecule has 2 fully saturated rings. The van der Waals surface area contributed by atoms with Crippen LogP contribution in [0.25, 0.3) is 12.2 Å². The van der Waals surface area contributed by atoms with Gasteiger partial charge in [0.25, 0.3) is 0 Å². The Morgan fingerprint density at radius 3 is 1.43 bits per heavy atom. The summed E-state index contributed by atoms with van der Waals surface area (Å²) < 4.78 is 0. The first-order valence-corrected chi connectivity index (χ1v) is 16.3. The van der Waals surface area contributed by atoms with E-state index in [0.29, 0.717) is 37.6 Å². The minimum Gasteiger partial charge on any atom is -0.337 e. The monoisotopic (exact) mass is 624 g/mol. The van der Waals surface area contributed by atoms with Crippen molar-refractivity contribution < 1.29 is 19.2 Å². The van der Waals surface area contributed by atoms with Crippen LogP contribution in [-0.2, 0) is 32.3 Å². The summed E-state index contributed by atoms with van der Waals surface area (Å²) in [5.74, 6) is -0.980. The van der Waals surface area contributed by atoms with E-state index in [1.54, 1.807) is 32.5 Å². The fourth-order valence-electron chi connectivity index (χ4n) is 5.42. The largest absolute Gasteiger partial charge is 0.337 e. The zero-order valence-corrected chi connectivity index (χ0v) is 25.6. The van der Waals surface area contributed by atoms with Crippen LogP contribution in [0.1, 0.15) is 33.7 Å². The Hall–Kier alpha value is -4.54. The van der Waals surface area contributed by atoms with Crippen LogP contribution in [-0.4, -0.2) is 46.5 Å². The molecule has 0 bridgehead atoms. The number of anilines is 2. The summed E-state index contributed by atoms with van der Waals surface area (Å²) in [7, 11) is 0. The molecule has 0 saturated carbocycles. The van der Waals surface area contributed by atoms with Gasteiger partial charge in [-0.2, -0.15) is 0 Å². The lowest BCUT2D eigenvalue weighted by Crippen LogP contribution is -2.27. The maximum atomic E-state index is 12.8. The van der Waals surface area contributed by atoms with Crippen LogP contribution in [0.3, 0.4) is 0 Å². The minimum atomic E-state index is -0.360. The Morgan fingerprint density at radius 2 is 1.07 bits per heavy atom. The molecule has 4 heterocycles. The van der Waals surface area contributed by atoms with Crippen molar-refractivity contribution in [2.75, 3.05) is 23.7 Å². The van der Waals surface area contributed by atoms with Crippen LogP contribution in [0.15, 0.2) is 83.6 Å². The highest BCUT2D eigenvalue weighted by Crippen LogP contribution is 2.25. The zero-order valence-electron chi connectivity index (χ0n) is 24.0. The molecule has 2 saturated heterocycles. The summed E-state index contributed by atoms with van der Waals surface area (Å²) in [6.07, 6.45) is 4.41. The molecular weight excluding hydrogens is 593 g/mol. The van der Waals surface area contributed by atoms with Gasteiger partial charge in [0, 0.05) is 47.1 Å². The van der Waals surface area contributed by atoms with Gasteiger partial charge in [-0.15, -0.1) is 22.7 Å². The molecule has 2 atom stereocenters. The van der Waals surface area contributed by atoms with Crippen molar-refractivity contribution in [3.8, 4) is 0 Å². The van der Waals surface area contributed by atoms with E-state index >= 15 is 0 Å². The molecule has 0 radical (unpaired) electrons. The Bertz CT molecular complexity index is 1520. The molecule has 2 aliphatic heterocycles. The maximum Gasteiger partial charge on any atom is 0.229 e. The number of hydrogen-bond donors (Lipinski definition) is 2. The van der Waals surface area contributed by atoms with E-state index < -0.39 is 0 Å². The van der Waals surface area contributed by atoms with E-state index in [2.05, 4.69) is 10.6 Å². The van der Waals surface area contributed by atoms with E-state index in [1.807, 2.05) is 95.7 Å². The molecule has 44 heavy (non-hydrogen) atoms. The third-order valence-electron chi connectivity index (χ3n) is 7.85. The number of carbonyl (C=O) groups is 4. The number of hydrogen-bond acceptors (Lipinski definition) is 6. The van der Waals surface area contributed by atoms with Crippen molar-refractivity contribution in [2.24, 2.45) is 11.8 Å². The van der Waals surface area contributed by atoms with Gasteiger partial charge in [-0.05, 0) is 58.3 Å². The number of rotatable bonds is 10. The highest BCUT2D eigenvalue weighted by Gasteiger charge is 2.35. The summed E-state index contributed by atoms with van der Waals surface area (Å²) in [5.41, 5.74) is 3.32. The predicted octanol–water partition coefficient (Wildman–Crippen LogP) is 5.95. The van der Waals surface area contributed by atoms with Gasteiger partial charge in [-0.1, -0.05) is 48.6 Å². The highest BCUT2D eigenvalue weighted by molar-refractivity contribution is 7.10. The fraction of sp³-hybridized carbons (Fsp3) is 0.235. The number of carbonyl (C=O) groups excluding carboxylic acids is 4. The Kier molecular flexibility index (Phi) is 8.99. The van der Waals surface area contributed by atoms with Crippen LogP contribution in [0.4, 0.5) is 11.4 Å². The SMILES string of the molecule is O=C(Nc1ccc(/C=C/c2ccc(NC(=O)C3CC(=O)N(Cc4cccs4)C3)cc2)cc1)C1CC(=O)N(Cc2cccs2)C1. The fourth-order valence-corrected chi connectivity index (χ4v) is 6.86. The Labute approximate surface area is 264 Å². The third kappa shape index (κ3) is 7.32. The Balaban J connectivity index is 0.964. The van der Waals surface area contributed by atoms with Gasteiger partial charge in [0.2, 0.25) is 23.6 Å². The molecule has 2 aromatic carbocycles. The first-order chi connectivity index (χ1) is 21.4. The second-order valence-corrected chi connectivity index (χ2v) is 13.1. The van der Waals surface area contributed by atoms with Crippen molar-refractivity contribution in [1.82, 2.24) is 9.80 Å². The maximum absolute atomic E-state index is 12.8. The van der Waals surface area contributed by atoms with Gasteiger partial charge in [-0.3, -0.25) is 19.2 Å². The lowest BCUT2D eigenvalue weighted by Gasteiger charge is -2.15.